The van der Waals surface area contributed by atoms with E-state index in [9.17, 15) is 5.11 Å². The van der Waals surface area contributed by atoms with Crippen molar-refractivity contribution in [2.24, 2.45) is 11.8 Å². The zero-order valence-electron chi connectivity index (χ0n) is 11.3. The summed E-state index contributed by atoms with van der Waals surface area (Å²) in [6.07, 6.45) is 5.66. The van der Waals surface area contributed by atoms with Crippen LogP contribution in [-0.4, -0.2) is 36.4 Å². The molecular weight excluding hydrogens is 212 g/mol. The van der Waals surface area contributed by atoms with Gasteiger partial charge in [0.1, 0.15) is 0 Å². The third kappa shape index (κ3) is 2.67. The Balaban J connectivity index is 2.06. The summed E-state index contributed by atoms with van der Waals surface area (Å²) in [6.45, 7) is 7.48. The molecule has 2 aliphatic rings. The van der Waals surface area contributed by atoms with Crippen molar-refractivity contribution in [3.05, 3.63) is 0 Å². The van der Waals surface area contributed by atoms with Crippen LogP contribution in [0.1, 0.15) is 46.0 Å². The minimum absolute atomic E-state index is 0.313. The molecule has 0 spiro atoms. The molecule has 3 heteroatoms. The van der Waals surface area contributed by atoms with Crippen molar-refractivity contribution in [3.63, 3.8) is 0 Å². The van der Waals surface area contributed by atoms with Gasteiger partial charge in [-0.1, -0.05) is 20.3 Å². The quantitative estimate of drug-likeness (QED) is 0.701. The average Bonchev–Trinajstić information content (AvgIpc) is 2.39. The Morgan fingerprint density at radius 2 is 2.06 bits per heavy atom. The van der Waals surface area contributed by atoms with Gasteiger partial charge in [-0.2, -0.15) is 0 Å². The second-order valence-electron chi connectivity index (χ2n) is 5.86. The molecule has 4 unspecified atom stereocenters. The monoisotopic (exact) mass is 240 g/mol. The first-order valence-electron chi connectivity index (χ1n) is 7.37. The van der Waals surface area contributed by atoms with Gasteiger partial charge < -0.3 is 15.7 Å². The Bertz CT molecular complexity index is 246. The van der Waals surface area contributed by atoms with Crippen LogP contribution in [0.3, 0.4) is 0 Å². The molecule has 0 bridgehead atoms. The van der Waals surface area contributed by atoms with Gasteiger partial charge in [-0.05, 0) is 44.7 Å². The third-order valence-corrected chi connectivity index (χ3v) is 4.99. The molecule has 2 heterocycles. The molecule has 0 aromatic carbocycles. The Morgan fingerprint density at radius 3 is 2.76 bits per heavy atom. The summed E-state index contributed by atoms with van der Waals surface area (Å²) in [6, 6.07) is 0.313. The van der Waals surface area contributed by atoms with E-state index >= 15 is 0 Å². The summed E-state index contributed by atoms with van der Waals surface area (Å²) in [7, 11) is 0. The maximum absolute atomic E-state index is 11.1. The molecule has 4 atom stereocenters. The normalized spacial score (nSPS) is 43.6. The zero-order valence-corrected chi connectivity index (χ0v) is 11.3. The van der Waals surface area contributed by atoms with Crippen LogP contribution >= 0.6 is 0 Å². The molecule has 2 saturated heterocycles. The molecule has 0 saturated carbocycles. The van der Waals surface area contributed by atoms with E-state index in [4.69, 9.17) is 0 Å². The standard InChI is InChI=1S/C14H28N2O/c1-3-11-5-7-16-13(9-11)14(17)6-8-15-10-12(14)4-2/h11-13,15-17H,3-10H2,1-2H3. The first kappa shape index (κ1) is 13.3. The van der Waals surface area contributed by atoms with E-state index in [2.05, 4.69) is 24.5 Å². The maximum atomic E-state index is 11.1. The van der Waals surface area contributed by atoms with Crippen molar-refractivity contribution in [1.82, 2.24) is 10.6 Å². The van der Waals surface area contributed by atoms with E-state index < -0.39 is 5.60 Å². The fourth-order valence-corrected chi connectivity index (χ4v) is 3.65. The highest BCUT2D eigenvalue weighted by molar-refractivity contribution is 5.01. The van der Waals surface area contributed by atoms with Gasteiger partial charge >= 0.3 is 0 Å². The molecule has 0 amide bonds. The van der Waals surface area contributed by atoms with Crippen LogP contribution in [0.5, 0.6) is 0 Å². The van der Waals surface area contributed by atoms with Crippen molar-refractivity contribution in [2.45, 2.75) is 57.6 Å². The number of hydrogen-bond donors (Lipinski definition) is 3. The Kier molecular flexibility index (Phi) is 4.45. The molecule has 0 aromatic heterocycles. The van der Waals surface area contributed by atoms with E-state index in [1.54, 1.807) is 0 Å². The number of rotatable bonds is 3. The van der Waals surface area contributed by atoms with E-state index in [0.29, 0.717) is 12.0 Å². The van der Waals surface area contributed by atoms with Gasteiger partial charge in [0.15, 0.2) is 0 Å². The van der Waals surface area contributed by atoms with Crippen LogP contribution in [0.4, 0.5) is 0 Å². The lowest BCUT2D eigenvalue weighted by Crippen LogP contribution is -2.62. The van der Waals surface area contributed by atoms with Crippen molar-refractivity contribution < 1.29 is 5.11 Å². The average molecular weight is 240 g/mol. The second-order valence-corrected chi connectivity index (χ2v) is 5.86. The van der Waals surface area contributed by atoms with Crippen LogP contribution in [0.25, 0.3) is 0 Å². The molecule has 0 aromatic rings. The Labute approximate surface area is 105 Å². The molecular formula is C14H28N2O. The largest absolute Gasteiger partial charge is 0.388 e. The highest BCUT2D eigenvalue weighted by Crippen LogP contribution is 2.35. The lowest BCUT2D eigenvalue weighted by Gasteiger charge is -2.48. The SMILES string of the molecule is CCC1CCNC(C2(O)CCNCC2CC)C1. The molecule has 2 fully saturated rings. The van der Waals surface area contributed by atoms with Gasteiger partial charge in [-0.15, -0.1) is 0 Å². The van der Waals surface area contributed by atoms with Gasteiger partial charge in [0.2, 0.25) is 0 Å². The maximum Gasteiger partial charge on any atom is 0.0852 e. The summed E-state index contributed by atoms with van der Waals surface area (Å²) in [4.78, 5) is 0. The lowest BCUT2D eigenvalue weighted by molar-refractivity contribution is -0.0823. The number of piperidine rings is 2. The molecule has 3 nitrogen and oxygen atoms in total. The predicted octanol–water partition coefficient (Wildman–Crippen LogP) is 1.52. The van der Waals surface area contributed by atoms with Gasteiger partial charge in [0.05, 0.1) is 5.60 Å². The van der Waals surface area contributed by atoms with Crippen molar-refractivity contribution in [1.29, 1.82) is 0 Å². The van der Waals surface area contributed by atoms with Gasteiger partial charge in [0.25, 0.3) is 0 Å². The molecule has 0 aliphatic carbocycles. The minimum Gasteiger partial charge on any atom is -0.388 e. The number of hydrogen-bond acceptors (Lipinski definition) is 3. The van der Waals surface area contributed by atoms with Gasteiger partial charge in [-0.25, -0.2) is 0 Å². The lowest BCUT2D eigenvalue weighted by atomic mass is 9.71. The second kappa shape index (κ2) is 5.68. The van der Waals surface area contributed by atoms with Crippen LogP contribution in [-0.2, 0) is 0 Å². The summed E-state index contributed by atoms with van der Waals surface area (Å²) in [5.41, 5.74) is -0.478. The predicted molar refractivity (Wildman–Crippen MR) is 71.0 cm³/mol. The molecule has 2 aliphatic heterocycles. The Hall–Kier alpha value is -0.120. The fourth-order valence-electron chi connectivity index (χ4n) is 3.65. The summed E-state index contributed by atoms with van der Waals surface area (Å²) in [5, 5.41) is 18.1. The molecule has 2 rings (SSSR count). The highest BCUT2D eigenvalue weighted by Gasteiger charge is 2.45. The van der Waals surface area contributed by atoms with Crippen LogP contribution < -0.4 is 10.6 Å². The van der Waals surface area contributed by atoms with E-state index in [1.165, 1.54) is 12.8 Å². The fraction of sp³-hybridized carbons (Fsp3) is 1.00. The smallest absolute Gasteiger partial charge is 0.0852 e. The Morgan fingerprint density at radius 1 is 1.24 bits per heavy atom. The van der Waals surface area contributed by atoms with Crippen molar-refractivity contribution in [3.8, 4) is 0 Å². The third-order valence-electron chi connectivity index (χ3n) is 4.99. The number of aliphatic hydroxyl groups is 1. The highest BCUT2D eigenvalue weighted by atomic mass is 16.3. The van der Waals surface area contributed by atoms with E-state index in [-0.39, 0.29) is 0 Å². The van der Waals surface area contributed by atoms with Gasteiger partial charge in [-0.3, -0.25) is 0 Å². The van der Waals surface area contributed by atoms with E-state index in [0.717, 1.165) is 44.8 Å². The summed E-state index contributed by atoms with van der Waals surface area (Å²) >= 11 is 0. The number of nitrogens with one attached hydrogen (secondary N) is 2. The van der Waals surface area contributed by atoms with Crippen LogP contribution in [0, 0.1) is 11.8 Å². The van der Waals surface area contributed by atoms with Crippen molar-refractivity contribution in [2.75, 3.05) is 19.6 Å². The minimum atomic E-state index is -0.478. The summed E-state index contributed by atoms with van der Waals surface area (Å²) in [5.74, 6) is 1.21. The topological polar surface area (TPSA) is 44.3 Å². The van der Waals surface area contributed by atoms with E-state index in [1.807, 2.05) is 0 Å². The molecule has 0 radical (unpaired) electrons. The van der Waals surface area contributed by atoms with Crippen LogP contribution in [0.15, 0.2) is 0 Å². The summed E-state index contributed by atoms with van der Waals surface area (Å²) < 4.78 is 0. The first-order valence-corrected chi connectivity index (χ1v) is 7.37. The molecule has 100 valence electrons. The first-order chi connectivity index (χ1) is 8.20. The van der Waals surface area contributed by atoms with Gasteiger partial charge in [0, 0.05) is 18.5 Å². The van der Waals surface area contributed by atoms with Crippen LogP contribution in [0.2, 0.25) is 0 Å². The van der Waals surface area contributed by atoms with Crippen molar-refractivity contribution >= 4 is 0 Å². The molecule has 17 heavy (non-hydrogen) atoms. The zero-order chi connectivity index (χ0) is 12.3. The molecule has 3 N–H and O–H groups in total.